The molecule has 0 bridgehead atoms. The molecule has 18 heavy (non-hydrogen) atoms. The third-order valence-corrected chi connectivity index (χ3v) is 3.12. The zero-order valence-electron chi connectivity index (χ0n) is 9.77. The van der Waals surface area contributed by atoms with Gasteiger partial charge in [-0.2, -0.15) is 0 Å². The van der Waals surface area contributed by atoms with Crippen LogP contribution in [0.2, 0.25) is 0 Å². The summed E-state index contributed by atoms with van der Waals surface area (Å²) in [4.78, 5) is 3.96. The Morgan fingerprint density at radius 3 is 2.83 bits per heavy atom. The van der Waals surface area contributed by atoms with Crippen LogP contribution < -0.4 is 10.5 Å². The molecule has 2 aromatic rings. The van der Waals surface area contributed by atoms with Crippen molar-refractivity contribution < 1.29 is 9.13 Å². The molecule has 1 atom stereocenters. The molecule has 0 amide bonds. The second-order valence-corrected chi connectivity index (χ2v) is 4.36. The molecule has 2 heterocycles. The highest BCUT2D eigenvalue weighted by Gasteiger charge is 2.25. The maximum atomic E-state index is 13.6. The number of fused-ring (bicyclic) bond motifs is 1. The first-order valence-corrected chi connectivity index (χ1v) is 5.87. The minimum atomic E-state index is -0.248. The van der Waals surface area contributed by atoms with Crippen LogP contribution in [0.5, 0.6) is 5.75 Å². The summed E-state index contributed by atoms with van der Waals surface area (Å²) >= 11 is 0. The van der Waals surface area contributed by atoms with Gasteiger partial charge in [-0.1, -0.05) is 0 Å². The van der Waals surface area contributed by atoms with Crippen molar-refractivity contribution in [1.82, 2.24) is 4.98 Å². The van der Waals surface area contributed by atoms with Crippen molar-refractivity contribution in [1.29, 1.82) is 0 Å². The Labute approximate surface area is 104 Å². The van der Waals surface area contributed by atoms with Crippen LogP contribution in [0.15, 0.2) is 36.7 Å². The van der Waals surface area contributed by atoms with Crippen LogP contribution in [-0.4, -0.2) is 17.6 Å². The maximum absolute atomic E-state index is 13.6. The van der Waals surface area contributed by atoms with E-state index in [0.717, 1.165) is 22.4 Å². The highest BCUT2D eigenvalue weighted by atomic mass is 19.1. The summed E-state index contributed by atoms with van der Waals surface area (Å²) in [5.41, 5.74) is 8.17. The molecule has 0 aliphatic carbocycles. The number of halogens is 1. The number of ether oxygens (including phenoxy) is 1. The standard InChI is InChI=1S/C14H13FN2O/c15-11-5-10-6-12(8-16)18-14(10)13(7-11)9-1-3-17-4-2-9/h1-5,7,12H,6,8,16H2/t12-/m1/s1. The molecule has 0 radical (unpaired) electrons. The predicted octanol–water partition coefficient (Wildman–Crippen LogP) is 2.15. The number of benzene rings is 1. The summed E-state index contributed by atoms with van der Waals surface area (Å²) in [6.45, 7) is 0.437. The number of aromatic nitrogens is 1. The summed E-state index contributed by atoms with van der Waals surface area (Å²) in [5.74, 6) is 0.500. The third-order valence-electron chi connectivity index (χ3n) is 3.12. The lowest BCUT2D eigenvalue weighted by Crippen LogP contribution is -2.24. The maximum Gasteiger partial charge on any atom is 0.131 e. The summed E-state index contributed by atoms with van der Waals surface area (Å²) in [5, 5.41) is 0. The van der Waals surface area contributed by atoms with E-state index in [-0.39, 0.29) is 11.9 Å². The molecule has 0 unspecified atom stereocenters. The van der Waals surface area contributed by atoms with Gasteiger partial charge in [0.05, 0.1) is 0 Å². The van der Waals surface area contributed by atoms with Crippen molar-refractivity contribution in [3.63, 3.8) is 0 Å². The lowest BCUT2D eigenvalue weighted by Gasteiger charge is -2.10. The molecule has 1 aliphatic heterocycles. The van der Waals surface area contributed by atoms with E-state index in [1.54, 1.807) is 12.4 Å². The molecule has 1 aliphatic rings. The minimum Gasteiger partial charge on any atom is -0.488 e. The van der Waals surface area contributed by atoms with Crippen molar-refractivity contribution in [2.75, 3.05) is 6.54 Å². The quantitative estimate of drug-likeness (QED) is 0.880. The van der Waals surface area contributed by atoms with Crippen LogP contribution in [0.25, 0.3) is 11.1 Å². The van der Waals surface area contributed by atoms with Crippen LogP contribution in [0.1, 0.15) is 5.56 Å². The molecule has 0 spiro atoms. The second kappa shape index (κ2) is 4.38. The molecule has 3 nitrogen and oxygen atoms in total. The third kappa shape index (κ3) is 1.84. The number of pyridine rings is 1. The van der Waals surface area contributed by atoms with E-state index < -0.39 is 0 Å². The van der Waals surface area contributed by atoms with Crippen molar-refractivity contribution in [2.45, 2.75) is 12.5 Å². The second-order valence-electron chi connectivity index (χ2n) is 4.36. The summed E-state index contributed by atoms with van der Waals surface area (Å²) in [6, 6.07) is 6.70. The van der Waals surface area contributed by atoms with Gasteiger partial charge in [0.25, 0.3) is 0 Å². The van der Waals surface area contributed by atoms with Crippen LogP contribution in [0, 0.1) is 5.82 Å². The summed E-state index contributed by atoms with van der Waals surface area (Å²) in [7, 11) is 0. The largest absolute Gasteiger partial charge is 0.488 e. The molecule has 1 aromatic heterocycles. The van der Waals surface area contributed by atoms with Gasteiger partial charge in [0, 0.05) is 36.5 Å². The fourth-order valence-electron chi connectivity index (χ4n) is 2.27. The molecule has 4 heteroatoms. The first-order valence-electron chi connectivity index (χ1n) is 5.87. The van der Waals surface area contributed by atoms with E-state index in [9.17, 15) is 4.39 Å². The van der Waals surface area contributed by atoms with Crippen LogP contribution in [0.4, 0.5) is 4.39 Å². The van der Waals surface area contributed by atoms with E-state index in [1.807, 2.05) is 12.1 Å². The number of hydrogen-bond acceptors (Lipinski definition) is 3. The molecule has 0 fully saturated rings. The number of hydrogen-bond donors (Lipinski definition) is 1. The smallest absolute Gasteiger partial charge is 0.131 e. The van der Waals surface area contributed by atoms with Gasteiger partial charge in [-0.25, -0.2) is 4.39 Å². The van der Waals surface area contributed by atoms with E-state index in [1.165, 1.54) is 12.1 Å². The lowest BCUT2D eigenvalue weighted by atomic mass is 10.0. The molecule has 2 N–H and O–H groups in total. The van der Waals surface area contributed by atoms with Gasteiger partial charge in [-0.15, -0.1) is 0 Å². The molecular weight excluding hydrogens is 231 g/mol. The van der Waals surface area contributed by atoms with E-state index in [0.29, 0.717) is 13.0 Å². The van der Waals surface area contributed by atoms with Gasteiger partial charge >= 0.3 is 0 Å². The zero-order valence-corrected chi connectivity index (χ0v) is 9.77. The van der Waals surface area contributed by atoms with E-state index in [4.69, 9.17) is 10.5 Å². The Kier molecular flexibility index (Phi) is 2.72. The molecule has 0 saturated carbocycles. The number of nitrogens with two attached hydrogens (primary N) is 1. The average molecular weight is 244 g/mol. The number of nitrogens with zero attached hydrogens (tertiary/aromatic N) is 1. The Morgan fingerprint density at radius 1 is 1.33 bits per heavy atom. The first-order chi connectivity index (χ1) is 8.78. The molecule has 3 rings (SSSR count). The monoisotopic (exact) mass is 244 g/mol. The highest BCUT2D eigenvalue weighted by molar-refractivity contribution is 5.72. The molecule has 1 aromatic carbocycles. The van der Waals surface area contributed by atoms with Crippen molar-refractivity contribution >= 4 is 0 Å². The Balaban J connectivity index is 2.12. The van der Waals surface area contributed by atoms with Gasteiger partial charge in [0.1, 0.15) is 17.7 Å². The van der Waals surface area contributed by atoms with Gasteiger partial charge < -0.3 is 10.5 Å². The highest BCUT2D eigenvalue weighted by Crippen LogP contribution is 2.39. The van der Waals surface area contributed by atoms with Crippen molar-refractivity contribution in [2.24, 2.45) is 5.73 Å². The van der Waals surface area contributed by atoms with Crippen LogP contribution in [0.3, 0.4) is 0 Å². The Hall–Kier alpha value is -1.94. The Morgan fingerprint density at radius 2 is 2.11 bits per heavy atom. The Bertz CT molecular complexity index is 572. The van der Waals surface area contributed by atoms with E-state index in [2.05, 4.69) is 4.98 Å². The van der Waals surface area contributed by atoms with Gasteiger partial charge in [0.15, 0.2) is 0 Å². The lowest BCUT2D eigenvalue weighted by molar-refractivity contribution is 0.242. The first kappa shape index (κ1) is 11.2. The molecule has 92 valence electrons. The van der Waals surface area contributed by atoms with Gasteiger partial charge in [-0.3, -0.25) is 4.98 Å². The van der Waals surface area contributed by atoms with Gasteiger partial charge in [0.2, 0.25) is 0 Å². The molecule has 0 saturated heterocycles. The fraction of sp³-hybridized carbons (Fsp3) is 0.214. The van der Waals surface area contributed by atoms with Crippen molar-refractivity contribution in [3.8, 4) is 16.9 Å². The van der Waals surface area contributed by atoms with Crippen molar-refractivity contribution in [3.05, 3.63) is 48.0 Å². The van der Waals surface area contributed by atoms with Crippen LogP contribution >= 0.6 is 0 Å². The summed E-state index contributed by atoms with van der Waals surface area (Å²) in [6.07, 6.45) is 3.98. The summed E-state index contributed by atoms with van der Waals surface area (Å²) < 4.78 is 19.4. The predicted molar refractivity (Wildman–Crippen MR) is 66.8 cm³/mol. The molecular formula is C14H13FN2O. The minimum absolute atomic E-state index is 0.0533. The number of rotatable bonds is 2. The SMILES string of the molecule is NC[C@H]1Cc2cc(F)cc(-c3ccncc3)c2O1. The van der Waals surface area contributed by atoms with E-state index >= 15 is 0 Å². The fourth-order valence-corrected chi connectivity index (χ4v) is 2.27. The van der Waals surface area contributed by atoms with Gasteiger partial charge in [-0.05, 0) is 29.8 Å². The topological polar surface area (TPSA) is 48.1 Å². The average Bonchev–Trinajstić information content (AvgIpc) is 2.81. The van der Waals surface area contributed by atoms with Crippen LogP contribution in [-0.2, 0) is 6.42 Å². The normalized spacial score (nSPS) is 17.3. The zero-order chi connectivity index (χ0) is 12.5.